The van der Waals surface area contributed by atoms with Crippen LogP contribution in [0.1, 0.15) is 40.7 Å². The van der Waals surface area contributed by atoms with Crippen LogP contribution in [-0.2, 0) is 17.8 Å². The molecular formula is C29H33N5O3. The van der Waals surface area contributed by atoms with Gasteiger partial charge in [-0.15, -0.1) is 0 Å². The van der Waals surface area contributed by atoms with Crippen LogP contribution in [0.4, 0.5) is 5.69 Å². The van der Waals surface area contributed by atoms with Gasteiger partial charge in [-0.2, -0.15) is 0 Å². The van der Waals surface area contributed by atoms with Gasteiger partial charge >= 0.3 is 5.97 Å². The highest BCUT2D eigenvalue weighted by Gasteiger charge is 2.18. The van der Waals surface area contributed by atoms with Gasteiger partial charge < -0.3 is 21.5 Å². The van der Waals surface area contributed by atoms with Crippen molar-refractivity contribution in [2.24, 2.45) is 16.5 Å². The molecule has 1 aliphatic heterocycles. The summed E-state index contributed by atoms with van der Waals surface area (Å²) in [6, 6.07) is 22.1. The van der Waals surface area contributed by atoms with Crippen molar-refractivity contribution < 1.29 is 14.7 Å². The van der Waals surface area contributed by atoms with Gasteiger partial charge in [-0.3, -0.25) is 14.9 Å². The number of anilines is 1. The Kier molecular flexibility index (Phi) is 8.53. The second-order valence-corrected chi connectivity index (χ2v) is 9.22. The predicted octanol–water partition coefficient (Wildman–Crippen LogP) is 3.54. The maximum absolute atomic E-state index is 12.7. The number of carboxylic acid groups (broad SMARTS) is 1. The van der Waals surface area contributed by atoms with Crippen molar-refractivity contribution in [2.45, 2.75) is 38.3 Å². The quantitative estimate of drug-likeness (QED) is 0.277. The molecule has 192 valence electrons. The Morgan fingerprint density at radius 1 is 0.946 bits per heavy atom. The van der Waals surface area contributed by atoms with E-state index >= 15 is 0 Å². The summed E-state index contributed by atoms with van der Waals surface area (Å²) in [4.78, 5) is 30.6. The zero-order chi connectivity index (χ0) is 26.2. The van der Waals surface area contributed by atoms with Crippen molar-refractivity contribution >= 4 is 23.5 Å². The Bertz CT molecular complexity index is 1250. The molecule has 1 saturated heterocycles. The van der Waals surface area contributed by atoms with Crippen LogP contribution in [0.2, 0.25) is 0 Å². The predicted molar refractivity (Wildman–Crippen MR) is 146 cm³/mol. The van der Waals surface area contributed by atoms with E-state index in [9.17, 15) is 9.59 Å². The molecule has 3 aromatic rings. The summed E-state index contributed by atoms with van der Waals surface area (Å²) in [5.41, 5.74) is 17.3. The molecule has 1 aliphatic rings. The lowest BCUT2D eigenvalue weighted by Gasteiger charge is -2.31. The van der Waals surface area contributed by atoms with Crippen molar-refractivity contribution in [1.29, 1.82) is 0 Å². The molecule has 8 heteroatoms. The summed E-state index contributed by atoms with van der Waals surface area (Å²) in [7, 11) is 0. The number of hydrogen-bond acceptors (Lipinski definition) is 5. The third kappa shape index (κ3) is 6.74. The Hall–Kier alpha value is -4.17. The third-order valence-electron chi connectivity index (χ3n) is 6.57. The first-order valence-corrected chi connectivity index (χ1v) is 12.5. The van der Waals surface area contributed by atoms with Crippen LogP contribution in [0.25, 0.3) is 11.1 Å². The summed E-state index contributed by atoms with van der Waals surface area (Å²) in [5.74, 6) is -1.42. The molecule has 37 heavy (non-hydrogen) atoms. The first-order chi connectivity index (χ1) is 17.9. The lowest BCUT2D eigenvalue weighted by molar-refractivity contribution is -0.138. The molecule has 4 rings (SSSR count). The number of piperidine rings is 1. The second kappa shape index (κ2) is 12.2. The molecule has 0 saturated carbocycles. The molecular weight excluding hydrogens is 466 g/mol. The maximum atomic E-state index is 12.7. The number of rotatable bonds is 8. The third-order valence-corrected chi connectivity index (χ3v) is 6.57. The number of hydrogen-bond donors (Lipinski definition) is 4. The van der Waals surface area contributed by atoms with Crippen LogP contribution in [0.3, 0.4) is 0 Å². The van der Waals surface area contributed by atoms with Crippen molar-refractivity contribution in [3.8, 4) is 11.1 Å². The second-order valence-electron chi connectivity index (χ2n) is 9.22. The fourth-order valence-electron chi connectivity index (χ4n) is 4.59. The Balaban J connectivity index is 1.51. The van der Waals surface area contributed by atoms with Crippen molar-refractivity contribution in [3.63, 3.8) is 0 Å². The van der Waals surface area contributed by atoms with Gasteiger partial charge in [-0.05, 0) is 60.6 Å². The van der Waals surface area contributed by atoms with Crippen LogP contribution in [-0.4, -0.2) is 42.1 Å². The molecule has 6 N–H and O–H groups in total. The highest BCUT2D eigenvalue weighted by atomic mass is 16.4. The largest absolute Gasteiger partial charge is 0.480 e. The number of aliphatic imine (C=N–C) groups is 1. The molecule has 3 aromatic carbocycles. The van der Waals surface area contributed by atoms with Crippen LogP contribution in [0.5, 0.6) is 0 Å². The Morgan fingerprint density at radius 3 is 2.32 bits per heavy atom. The Morgan fingerprint density at radius 2 is 1.65 bits per heavy atom. The fraction of sp³-hybridized carbons (Fsp3) is 0.276. The van der Waals surface area contributed by atoms with Gasteiger partial charge in [0.05, 0.1) is 6.54 Å². The van der Waals surface area contributed by atoms with E-state index in [-0.39, 0.29) is 18.3 Å². The zero-order valence-corrected chi connectivity index (χ0v) is 20.8. The highest BCUT2D eigenvalue weighted by molar-refractivity contribution is 6.05. The van der Waals surface area contributed by atoms with Gasteiger partial charge in [-0.25, -0.2) is 4.99 Å². The molecule has 8 nitrogen and oxygen atoms in total. The summed E-state index contributed by atoms with van der Waals surface area (Å²) >= 11 is 0. The van der Waals surface area contributed by atoms with E-state index in [1.165, 1.54) is 6.42 Å². The number of guanidine groups is 1. The summed E-state index contributed by atoms with van der Waals surface area (Å²) in [6.45, 7) is 2.35. The topological polar surface area (TPSA) is 134 Å². The molecule has 1 atom stereocenters. The van der Waals surface area contributed by atoms with Gasteiger partial charge in [0.15, 0.2) is 5.96 Å². The van der Waals surface area contributed by atoms with E-state index in [0.717, 1.165) is 53.9 Å². The minimum atomic E-state index is -1.07. The lowest BCUT2D eigenvalue weighted by atomic mass is 9.96. The van der Waals surface area contributed by atoms with Gasteiger partial charge in [0.1, 0.15) is 6.04 Å². The molecule has 0 aromatic heterocycles. The number of carboxylic acids is 1. The molecule has 0 bridgehead atoms. The lowest BCUT2D eigenvalue weighted by Crippen LogP contribution is -2.37. The van der Waals surface area contributed by atoms with E-state index in [1.54, 1.807) is 24.3 Å². The van der Waals surface area contributed by atoms with E-state index < -0.39 is 12.0 Å². The van der Waals surface area contributed by atoms with Crippen LogP contribution < -0.4 is 21.7 Å². The minimum absolute atomic E-state index is 0.0365. The average Bonchev–Trinajstić information content (AvgIpc) is 2.93. The Labute approximate surface area is 217 Å². The monoisotopic (exact) mass is 499 g/mol. The fourth-order valence-corrected chi connectivity index (χ4v) is 4.59. The molecule has 0 spiro atoms. The molecule has 1 fully saturated rings. The highest BCUT2D eigenvalue weighted by Crippen LogP contribution is 2.33. The summed E-state index contributed by atoms with van der Waals surface area (Å²) in [6.07, 6.45) is 3.75. The number of nitrogens with one attached hydrogen (secondary N) is 1. The van der Waals surface area contributed by atoms with E-state index in [4.69, 9.17) is 16.6 Å². The number of nitrogens with zero attached hydrogens (tertiary/aromatic N) is 2. The number of benzene rings is 3. The molecule has 1 amide bonds. The first kappa shape index (κ1) is 25.9. The summed E-state index contributed by atoms with van der Waals surface area (Å²) in [5, 5.41) is 11.6. The average molecular weight is 500 g/mol. The number of amides is 1. The molecule has 0 aliphatic carbocycles. The number of aliphatic carboxylic acids is 1. The van der Waals surface area contributed by atoms with Crippen molar-refractivity contribution in [2.75, 3.05) is 18.0 Å². The van der Waals surface area contributed by atoms with Crippen molar-refractivity contribution in [1.82, 2.24) is 5.32 Å². The van der Waals surface area contributed by atoms with Gasteiger partial charge in [0, 0.05) is 29.9 Å². The van der Waals surface area contributed by atoms with Gasteiger partial charge in [-0.1, -0.05) is 54.6 Å². The maximum Gasteiger partial charge on any atom is 0.320 e. The number of nitrogens with two attached hydrogens (primary N) is 2. The molecule has 0 radical (unpaired) electrons. The van der Waals surface area contributed by atoms with Crippen LogP contribution in [0.15, 0.2) is 77.8 Å². The standard InChI is InChI=1S/C29H33N5O3/c30-25(28(36)37)18-20-12-14-22(15-13-20)27(35)33-29(31)32-19-24-23(21-8-3-1-4-9-21)10-7-11-26(24)34-16-5-2-6-17-34/h1,3-4,7-15,25H,2,5-6,16-19,30H2,(H,36,37)(H3,31,32,33,35)/t25-/m0/s1. The smallest absolute Gasteiger partial charge is 0.320 e. The minimum Gasteiger partial charge on any atom is -0.480 e. The van der Waals surface area contributed by atoms with Crippen LogP contribution >= 0.6 is 0 Å². The number of carbonyl (C=O) groups excluding carboxylic acids is 1. The van der Waals surface area contributed by atoms with Gasteiger partial charge in [0.2, 0.25) is 0 Å². The first-order valence-electron chi connectivity index (χ1n) is 12.5. The molecule has 0 unspecified atom stereocenters. The van der Waals surface area contributed by atoms with Crippen LogP contribution in [0, 0.1) is 0 Å². The SMILES string of the molecule is NC(=NCc1c(-c2ccccc2)cccc1N1CCCCC1)NC(=O)c1ccc(C[C@H](N)C(=O)O)cc1. The van der Waals surface area contributed by atoms with E-state index in [1.807, 2.05) is 18.2 Å². The normalized spacial score (nSPS) is 14.7. The van der Waals surface area contributed by atoms with E-state index in [2.05, 4.69) is 45.5 Å². The van der Waals surface area contributed by atoms with Gasteiger partial charge in [0.25, 0.3) is 5.91 Å². The number of carbonyl (C=O) groups is 2. The van der Waals surface area contributed by atoms with E-state index in [0.29, 0.717) is 12.1 Å². The molecule has 1 heterocycles. The summed E-state index contributed by atoms with van der Waals surface area (Å²) < 4.78 is 0. The van der Waals surface area contributed by atoms with Crippen molar-refractivity contribution in [3.05, 3.63) is 89.5 Å². The zero-order valence-electron chi connectivity index (χ0n) is 20.8.